The number of rotatable bonds is 12. The van der Waals surface area contributed by atoms with Crippen LogP contribution in [0, 0.1) is 0 Å². The summed E-state index contributed by atoms with van der Waals surface area (Å²) in [4.78, 5) is 24.2. The van der Waals surface area contributed by atoms with Crippen LogP contribution in [-0.2, 0) is 24.5 Å². The van der Waals surface area contributed by atoms with Crippen LogP contribution >= 0.6 is 0 Å². The normalized spacial score (nSPS) is 14.1. The third-order valence-corrected chi connectivity index (χ3v) is 8.47. The van der Waals surface area contributed by atoms with Crippen LogP contribution in [0.25, 0.3) is 33.4 Å². The standard InChI is InChI=1S/C39H38O4/c1-5-35(40)42-27(3)23-25-39(26-24-28(4)43-36(41)6-2)37-31(29-15-9-7-10-16-29)19-13-21-33(37)34-22-14-20-32(38(34)39)30-17-11-8-12-18-30/h5-22,27-28H,1-2,23-26H2,3-4H3. The summed E-state index contributed by atoms with van der Waals surface area (Å²) in [5, 5.41) is 0. The van der Waals surface area contributed by atoms with Gasteiger partial charge >= 0.3 is 11.9 Å². The first-order valence-corrected chi connectivity index (χ1v) is 14.9. The van der Waals surface area contributed by atoms with Crippen molar-refractivity contribution in [2.45, 2.75) is 57.2 Å². The summed E-state index contributed by atoms with van der Waals surface area (Å²) in [5.74, 6) is -0.845. The van der Waals surface area contributed by atoms with E-state index in [1.807, 2.05) is 26.0 Å². The molecule has 0 fully saturated rings. The van der Waals surface area contributed by atoms with Crippen LogP contribution < -0.4 is 0 Å². The number of ether oxygens (including phenoxy) is 2. The van der Waals surface area contributed by atoms with E-state index < -0.39 is 17.4 Å². The molecular weight excluding hydrogens is 532 g/mol. The number of esters is 2. The number of hydrogen-bond acceptors (Lipinski definition) is 4. The Balaban J connectivity index is 1.74. The minimum Gasteiger partial charge on any atom is -0.460 e. The van der Waals surface area contributed by atoms with E-state index in [9.17, 15) is 9.59 Å². The molecule has 43 heavy (non-hydrogen) atoms. The molecule has 0 heterocycles. The van der Waals surface area contributed by atoms with Gasteiger partial charge in [-0.2, -0.15) is 0 Å². The van der Waals surface area contributed by atoms with E-state index in [0.29, 0.717) is 12.8 Å². The van der Waals surface area contributed by atoms with Crippen molar-refractivity contribution in [2.24, 2.45) is 0 Å². The first kappa shape index (κ1) is 29.8. The van der Waals surface area contributed by atoms with Crippen molar-refractivity contribution < 1.29 is 19.1 Å². The third kappa shape index (κ3) is 6.10. The minimum absolute atomic E-state index is 0.307. The number of carbonyl (C=O) groups excluding carboxylic acids is 2. The van der Waals surface area contributed by atoms with E-state index in [2.05, 4.69) is 98.1 Å². The molecule has 4 nitrogen and oxygen atoms in total. The first-order chi connectivity index (χ1) is 20.9. The lowest BCUT2D eigenvalue weighted by molar-refractivity contribution is -0.143. The molecule has 0 bridgehead atoms. The van der Waals surface area contributed by atoms with E-state index in [1.54, 1.807) is 0 Å². The molecule has 2 atom stereocenters. The Bertz CT molecular complexity index is 1500. The van der Waals surface area contributed by atoms with E-state index in [-0.39, 0.29) is 12.2 Å². The van der Waals surface area contributed by atoms with Crippen LogP contribution in [0.1, 0.15) is 50.7 Å². The van der Waals surface area contributed by atoms with Gasteiger partial charge in [-0.1, -0.05) is 110 Å². The van der Waals surface area contributed by atoms with Crippen molar-refractivity contribution >= 4 is 11.9 Å². The maximum atomic E-state index is 12.1. The Kier molecular flexibility index (Phi) is 9.06. The molecular formula is C39H38O4. The molecule has 218 valence electrons. The molecule has 1 aliphatic carbocycles. The molecule has 4 aromatic carbocycles. The average Bonchev–Trinajstić information content (AvgIpc) is 3.33. The van der Waals surface area contributed by atoms with Crippen molar-refractivity contribution in [2.75, 3.05) is 0 Å². The second kappa shape index (κ2) is 13.1. The van der Waals surface area contributed by atoms with Crippen LogP contribution in [0.5, 0.6) is 0 Å². The van der Waals surface area contributed by atoms with E-state index in [4.69, 9.17) is 9.47 Å². The van der Waals surface area contributed by atoms with Gasteiger partial charge in [-0.05, 0) is 84.0 Å². The van der Waals surface area contributed by atoms with Gasteiger partial charge in [0.15, 0.2) is 0 Å². The largest absolute Gasteiger partial charge is 0.460 e. The molecule has 0 aliphatic heterocycles. The predicted octanol–water partition coefficient (Wildman–Crippen LogP) is 9.08. The van der Waals surface area contributed by atoms with Gasteiger partial charge in [-0.3, -0.25) is 0 Å². The SMILES string of the molecule is C=CC(=O)OC(C)CCC1(CCC(C)OC(=O)C=C)c2c(-c3ccccc3)cccc2-c2cccc(-c3ccccc3)c21. The molecule has 0 saturated heterocycles. The number of fused-ring (bicyclic) bond motifs is 3. The topological polar surface area (TPSA) is 52.6 Å². The zero-order valence-electron chi connectivity index (χ0n) is 24.9. The summed E-state index contributed by atoms with van der Waals surface area (Å²) in [6, 6.07) is 34.1. The van der Waals surface area contributed by atoms with Crippen molar-refractivity contribution in [1.29, 1.82) is 0 Å². The summed E-state index contributed by atoms with van der Waals surface area (Å²) >= 11 is 0. The highest BCUT2D eigenvalue weighted by atomic mass is 16.5. The molecule has 0 aromatic heterocycles. The number of hydrogen-bond donors (Lipinski definition) is 0. The molecule has 2 unspecified atom stereocenters. The summed E-state index contributed by atoms with van der Waals surface area (Å²) in [7, 11) is 0. The molecule has 0 N–H and O–H groups in total. The highest BCUT2D eigenvalue weighted by Crippen LogP contribution is 2.59. The maximum Gasteiger partial charge on any atom is 0.330 e. The lowest BCUT2D eigenvalue weighted by Gasteiger charge is -2.37. The zero-order valence-corrected chi connectivity index (χ0v) is 24.9. The van der Waals surface area contributed by atoms with Gasteiger partial charge in [-0.25, -0.2) is 9.59 Å². The summed E-state index contributed by atoms with van der Waals surface area (Å²) in [6.07, 6.45) is 4.56. The van der Waals surface area contributed by atoms with Crippen molar-refractivity contribution in [3.63, 3.8) is 0 Å². The lowest BCUT2D eigenvalue weighted by atomic mass is 9.67. The van der Waals surface area contributed by atoms with E-state index in [0.717, 1.165) is 24.0 Å². The van der Waals surface area contributed by atoms with Crippen LogP contribution in [0.4, 0.5) is 0 Å². The van der Waals surface area contributed by atoms with E-state index >= 15 is 0 Å². The van der Waals surface area contributed by atoms with Gasteiger partial charge in [0.1, 0.15) is 0 Å². The van der Waals surface area contributed by atoms with Crippen LogP contribution in [0.15, 0.2) is 122 Å². The van der Waals surface area contributed by atoms with Gasteiger partial charge in [0, 0.05) is 17.6 Å². The molecule has 1 aliphatic rings. The van der Waals surface area contributed by atoms with Crippen molar-refractivity contribution in [3.05, 3.63) is 133 Å². The Morgan fingerprint density at radius 1 is 0.605 bits per heavy atom. The Hall–Kier alpha value is -4.70. The Morgan fingerprint density at radius 2 is 0.977 bits per heavy atom. The molecule has 5 rings (SSSR count). The molecule has 4 heteroatoms. The fourth-order valence-corrected chi connectivity index (χ4v) is 6.56. The van der Waals surface area contributed by atoms with Gasteiger partial charge in [0.2, 0.25) is 0 Å². The fourth-order valence-electron chi connectivity index (χ4n) is 6.56. The summed E-state index contributed by atoms with van der Waals surface area (Å²) in [6.45, 7) is 11.0. The Morgan fingerprint density at radius 3 is 1.35 bits per heavy atom. The Labute approximate surface area is 254 Å². The second-order valence-electron chi connectivity index (χ2n) is 11.3. The van der Waals surface area contributed by atoms with Crippen LogP contribution in [0.3, 0.4) is 0 Å². The highest BCUT2D eigenvalue weighted by molar-refractivity contribution is 5.93. The van der Waals surface area contributed by atoms with E-state index in [1.165, 1.54) is 45.5 Å². The summed E-state index contributed by atoms with van der Waals surface area (Å²) < 4.78 is 11.3. The first-order valence-electron chi connectivity index (χ1n) is 14.9. The van der Waals surface area contributed by atoms with Crippen molar-refractivity contribution in [3.8, 4) is 33.4 Å². The van der Waals surface area contributed by atoms with Gasteiger partial charge in [0.05, 0.1) is 12.2 Å². The highest BCUT2D eigenvalue weighted by Gasteiger charge is 2.46. The van der Waals surface area contributed by atoms with Crippen LogP contribution in [0.2, 0.25) is 0 Å². The monoisotopic (exact) mass is 570 g/mol. The lowest BCUT2D eigenvalue weighted by Crippen LogP contribution is -2.30. The number of benzene rings is 4. The molecule has 0 spiro atoms. The van der Waals surface area contributed by atoms with Crippen LogP contribution in [-0.4, -0.2) is 24.1 Å². The second-order valence-corrected chi connectivity index (χ2v) is 11.3. The molecule has 0 saturated carbocycles. The molecule has 0 radical (unpaired) electrons. The zero-order chi connectivity index (χ0) is 30.4. The smallest absolute Gasteiger partial charge is 0.330 e. The fraction of sp³-hybridized carbons (Fsp3) is 0.231. The maximum absolute atomic E-state index is 12.1. The molecule has 0 amide bonds. The number of carbonyl (C=O) groups is 2. The molecule has 4 aromatic rings. The van der Waals surface area contributed by atoms with Gasteiger partial charge < -0.3 is 9.47 Å². The third-order valence-electron chi connectivity index (χ3n) is 8.47. The van der Waals surface area contributed by atoms with Gasteiger partial charge in [-0.15, -0.1) is 0 Å². The predicted molar refractivity (Wildman–Crippen MR) is 173 cm³/mol. The van der Waals surface area contributed by atoms with Crippen molar-refractivity contribution in [1.82, 2.24) is 0 Å². The summed E-state index contributed by atoms with van der Waals surface area (Å²) in [5.41, 5.74) is 9.16. The minimum atomic E-state index is -0.451. The average molecular weight is 571 g/mol. The quantitative estimate of drug-likeness (QED) is 0.126. The van der Waals surface area contributed by atoms with Gasteiger partial charge in [0.25, 0.3) is 0 Å².